The maximum absolute atomic E-state index is 12.0. The van der Waals surface area contributed by atoms with Gasteiger partial charge in [-0.1, -0.05) is 19.1 Å². The number of benzene rings is 1. The van der Waals surface area contributed by atoms with Crippen molar-refractivity contribution < 1.29 is 19.1 Å². The number of hydrogen-bond donors (Lipinski definition) is 2. The molecule has 2 N–H and O–H groups in total. The van der Waals surface area contributed by atoms with Crippen molar-refractivity contribution in [2.24, 2.45) is 11.8 Å². The van der Waals surface area contributed by atoms with Crippen LogP contribution >= 0.6 is 12.4 Å². The zero-order valence-electron chi connectivity index (χ0n) is 14.7. The Bertz CT molecular complexity index is 547. The van der Waals surface area contributed by atoms with E-state index in [0.29, 0.717) is 24.8 Å². The highest BCUT2D eigenvalue weighted by molar-refractivity contribution is 5.85. The highest BCUT2D eigenvalue weighted by Crippen LogP contribution is 2.16. The minimum absolute atomic E-state index is 0. The van der Waals surface area contributed by atoms with Crippen molar-refractivity contribution in [3.63, 3.8) is 0 Å². The van der Waals surface area contributed by atoms with Crippen molar-refractivity contribution >= 4 is 24.3 Å². The predicted octanol–water partition coefficient (Wildman–Crippen LogP) is 1.56. The smallest absolute Gasteiger partial charge is 0.344 e. The minimum atomic E-state index is -0.375. The Labute approximate surface area is 155 Å². The summed E-state index contributed by atoms with van der Waals surface area (Å²) in [5, 5.41) is 6.18. The molecular formula is C18H27ClN2O4. The number of carbonyl (C=O) groups is 2. The zero-order valence-corrected chi connectivity index (χ0v) is 15.6. The molecule has 0 spiro atoms. The van der Waals surface area contributed by atoms with E-state index in [2.05, 4.69) is 10.6 Å². The second-order valence-corrected chi connectivity index (χ2v) is 5.99. The fraction of sp³-hybridized carbons (Fsp3) is 0.556. The minimum Gasteiger partial charge on any atom is -0.482 e. The summed E-state index contributed by atoms with van der Waals surface area (Å²) in [4.78, 5) is 23.2. The van der Waals surface area contributed by atoms with E-state index >= 15 is 0 Å². The van der Waals surface area contributed by atoms with Crippen molar-refractivity contribution in [3.05, 3.63) is 29.8 Å². The maximum atomic E-state index is 12.0. The number of rotatable bonds is 9. The molecule has 2 rings (SSSR count). The summed E-state index contributed by atoms with van der Waals surface area (Å²) in [6, 6.07) is 7.51. The first-order chi connectivity index (χ1) is 11.6. The molecule has 7 heteroatoms. The van der Waals surface area contributed by atoms with Crippen LogP contribution in [0, 0.1) is 11.8 Å². The molecule has 1 atom stereocenters. The van der Waals surface area contributed by atoms with Gasteiger partial charge in [0.15, 0.2) is 6.61 Å². The third kappa shape index (κ3) is 6.92. The molecule has 1 aromatic rings. The quantitative estimate of drug-likeness (QED) is 0.645. The van der Waals surface area contributed by atoms with Crippen LogP contribution in [-0.4, -0.2) is 44.7 Å². The van der Waals surface area contributed by atoms with Gasteiger partial charge < -0.3 is 20.1 Å². The van der Waals surface area contributed by atoms with Gasteiger partial charge in [-0.2, -0.15) is 0 Å². The first-order valence-corrected chi connectivity index (χ1v) is 8.46. The van der Waals surface area contributed by atoms with Gasteiger partial charge in [-0.15, -0.1) is 12.4 Å². The normalized spacial score (nSPS) is 14.6. The Balaban J connectivity index is 0.00000312. The lowest BCUT2D eigenvalue weighted by Gasteiger charge is -2.31. The van der Waals surface area contributed by atoms with Crippen molar-refractivity contribution in [2.45, 2.75) is 20.3 Å². The first-order valence-electron chi connectivity index (χ1n) is 8.46. The van der Waals surface area contributed by atoms with Crippen LogP contribution in [0.3, 0.4) is 0 Å². The number of ether oxygens (including phenoxy) is 2. The highest BCUT2D eigenvalue weighted by atomic mass is 35.5. The highest BCUT2D eigenvalue weighted by Gasteiger charge is 2.28. The van der Waals surface area contributed by atoms with E-state index in [-0.39, 0.29) is 36.8 Å². The molecule has 1 aliphatic rings. The van der Waals surface area contributed by atoms with Crippen LogP contribution in [0.1, 0.15) is 19.4 Å². The van der Waals surface area contributed by atoms with Gasteiger partial charge in [0.2, 0.25) is 5.91 Å². The molecule has 1 unspecified atom stereocenters. The van der Waals surface area contributed by atoms with Crippen LogP contribution < -0.4 is 15.4 Å². The third-order valence-corrected chi connectivity index (χ3v) is 4.23. The topological polar surface area (TPSA) is 76.7 Å². The maximum Gasteiger partial charge on any atom is 0.344 e. The number of esters is 1. The van der Waals surface area contributed by atoms with Gasteiger partial charge in [-0.25, -0.2) is 4.79 Å². The second kappa shape index (κ2) is 10.9. The van der Waals surface area contributed by atoms with Crippen LogP contribution in [-0.2, 0) is 20.7 Å². The van der Waals surface area contributed by atoms with Gasteiger partial charge in [0.05, 0.1) is 6.61 Å². The molecular weight excluding hydrogens is 344 g/mol. The molecule has 1 fully saturated rings. The average molecular weight is 371 g/mol. The summed E-state index contributed by atoms with van der Waals surface area (Å²) in [6.45, 7) is 6.49. The van der Waals surface area contributed by atoms with E-state index < -0.39 is 0 Å². The summed E-state index contributed by atoms with van der Waals surface area (Å²) >= 11 is 0. The van der Waals surface area contributed by atoms with Gasteiger partial charge in [0.25, 0.3) is 0 Å². The molecule has 1 aliphatic heterocycles. The number of halogens is 1. The Hall–Kier alpha value is -1.79. The lowest BCUT2D eigenvalue weighted by Crippen LogP contribution is -2.49. The predicted molar refractivity (Wildman–Crippen MR) is 98.1 cm³/mol. The number of amides is 1. The molecule has 0 aliphatic carbocycles. The van der Waals surface area contributed by atoms with Gasteiger partial charge in [-0.3, -0.25) is 4.79 Å². The Morgan fingerprint density at radius 1 is 1.28 bits per heavy atom. The van der Waals surface area contributed by atoms with E-state index in [9.17, 15) is 9.59 Å². The lowest BCUT2D eigenvalue weighted by atomic mass is 9.88. The molecule has 0 saturated carbocycles. The van der Waals surface area contributed by atoms with Crippen molar-refractivity contribution in [2.75, 3.05) is 32.8 Å². The molecule has 0 radical (unpaired) electrons. The van der Waals surface area contributed by atoms with Crippen LogP contribution in [0.5, 0.6) is 5.75 Å². The van der Waals surface area contributed by atoms with Gasteiger partial charge >= 0.3 is 5.97 Å². The van der Waals surface area contributed by atoms with Crippen LogP contribution in [0.15, 0.2) is 24.3 Å². The number of carbonyl (C=O) groups excluding carboxylic acids is 2. The fourth-order valence-electron chi connectivity index (χ4n) is 2.47. The Morgan fingerprint density at radius 3 is 2.52 bits per heavy atom. The standard InChI is InChI=1S/C18H26N2O4.ClH/c1-3-23-17(21)12-24-16-6-4-14(5-7-16)8-9-20-18(22)13(2)15-10-19-11-15;/h4-7,13,15,19H,3,8-12H2,1-2H3,(H,20,22);1H. The molecule has 1 amide bonds. The summed E-state index contributed by atoms with van der Waals surface area (Å²) in [5.41, 5.74) is 1.11. The third-order valence-electron chi connectivity index (χ3n) is 4.23. The van der Waals surface area contributed by atoms with E-state index in [1.165, 1.54) is 0 Å². The molecule has 25 heavy (non-hydrogen) atoms. The van der Waals surface area contributed by atoms with Gasteiger partial charge in [0.1, 0.15) is 5.75 Å². The van der Waals surface area contributed by atoms with E-state index in [4.69, 9.17) is 9.47 Å². The molecule has 6 nitrogen and oxygen atoms in total. The summed E-state index contributed by atoms with van der Waals surface area (Å²) in [5.74, 6) is 0.892. The van der Waals surface area contributed by atoms with Gasteiger partial charge in [0, 0.05) is 12.5 Å². The van der Waals surface area contributed by atoms with Gasteiger partial charge in [-0.05, 0) is 50.0 Å². The molecule has 140 valence electrons. The second-order valence-electron chi connectivity index (χ2n) is 5.99. The molecule has 1 saturated heterocycles. The summed E-state index contributed by atoms with van der Waals surface area (Å²) < 4.78 is 10.1. The number of nitrogens with one attached hydrogen (secondary N) is 2. The summed E-state index contributed by atoms with van der Waals surface area (Å²) in [6.07, 6.45) is 0.763. The van der Waals surface area contributed by atoms with E-state index in [1.54, 1.807) is 6.92 Å². The molecule has 0 aromatic heterocycles. The summed E-state index contributed by atoms with van der Waals surface area (Å²) in [7, 11) is 0. The molecule has 0 bridgehead atoms. The van der Waals surface area contributed by atoms with Crippen LogP contribution in [0.25, 0.3) is 0 Å². The van der Waals surface area contributed by atoms with Crippen molar-refractivity contribution in [1.82, 2.24) is 10.6 Å². The first kappa shape index (κ1) is 21.3. The number of hydrogen-bond acceptors (Lipinski definition) is 5. The van der Waals surface area contributed by atoms with Crippen molar-refractivity contribution in [1.29, 1.82) is 0 Å². The van der Waals surface area contributed by atoms with Crippen molar-refractivity contribution in [3.8, 4) is 5.75 Å². The molecule has 1 heterocycles. The fourth-order valence-corrected chi connectivity index (χ4v) is 2.47. The lowest BCUT2D eigenvalue weighted by molar-refractivity contribution is -0.145. The van der Waals surface area contributed by atoms with Crippen LogP contribution in [0.4, 0.5) is 0 Å². The van der Waals surface area contributed by atoms with E-state index in [1.807, 2.05) is 31.2 Å². The van der Waals surface area contributed by atoms with E-state index in [0.717, 1.165) is 25.1 Å². The molecule has 1 aromatic carbocycles. The zero-order chi connectivity index (χ0) is 17.4. The average Bonchev–Trinajstić information content (AvgIpc) is 2.52. The Morgan fingerprint density at radius 2 is 1.96 bits per heavy atom. The SMILES string of the molecule is CCOC(=O)COc1ccc(CCNC(=O)C(C)C2CNC2)cc1.Cl. The Kier molecular flexibility index (Phi) is 9.31. The monoisotopic (exact) mass is 370 g/mol. The largest absolute Gasteiger partial charge is 0.482 e. The van der Waals surface area contributed by atoms with Crippen LogP contribution in [0.2, 0.25) is 0 Å².